The van der Waals surface area contributed by atoms with E-state index in [2.05, 4.69) is 0 Å². The molecular weight excluding hydrogens is 302 g/mol. The standard InChI is InChI=1S/C11H23N3O4S2/c1-8(2)7-14(6-5-10(12)19)20(16,17)13-11(15)18-9(3)4/h8-9H,5-7H2,1-4H3,(H2,12,19)(H,13,15). The first-order valence-corrected chi connectivity index (χ1v) is 8.16. The van der Waals surface area contributed by atoms with Gasteiger partial charge in [0.05, 0.1) is 11.1 Å². The van der Waals surface area contributed by atoms with Gasteiger partial charge in [-0.25, -0.2) is 9.52 Å². The van der Waals surface area contributed by atoms with Crippen LogP contribution in [-0.2, 0) is 14.9 Å². The van der Waals surface area contributed by atoms with Crippen LogP contribution >= 0.6 is 12.2 Å². The number of nitrogens with two attached hydrogens (primary N) is 1. The van der Waals surface area contributed by atoms with Crippen molar-refractivity contribution < 1.29 is 17.9 Å². The van der Waals surface area contributed by atoms with Crippen molar-refractivity contribution in [2.45, 2.75) is 40.2 Å². The number of carbonyl (C=O) groups excluding carboxylic acids is 1. The Balaban J connectivity index is 4.83. The lowest BCUT2D eigenvalue weighted by Crippen LogP contribution is -2.46. The molecule has 0 spiro atoms. The molecule has 0 radical (unpaired) electrons. The van der Waals surface area contributed by atoms with E-state index in [0.717, 1.165) is 4.31 Å². The van der Waals surface area contributed by atoms with Crippen LogP contribution in [0.3, 0.4) is 0 Å². The molecule has 0 saturated heterocycles. The molecule has 7 nitrogen and oxygen atoms in total. The van der Waals surface area contributed by atoms with E-state index in [1.807, 2.05) is 18.6 Å². The first-order chi connectivity index (χ1) is 9.04. The van der Waals surface area contributed by atoms with Gasteiger partial charge in [-0.05, 0) is 19.8 Å². The number of hydrogen-bond acceptors (Lipinski definition) is 5. The number of nitrogens with one attached hydrogen (secondary N) is 1. The van der Waals surface area contributed by atoms with Gasteiger partial charge < -0.3 is 10.5 Å². The van der Waals surface area contributed by atoms with Gasteiger partial charge in [-0.1, -0.05) is 26.1 Å². The van der Waals surface area contributed by atoms with Gasteiger partial charge in [-0.3, -0.25) is 0 Å². The summed E-state index contributed by atoms with van der Waals surface area (Å²) >= 11 is 4.74. The van der Waals surface area contributed by atoms with Gasteiger partial charge in [0.25, 0.3) is 0 Å². The fraction of sp³-hybridized carbons (Fsp3) is 0.818. The van der Waals surface area contributed by atoms with Gasteiger partial charge in [0.15, 0.2) is 0 Å². The minimum Gasteiger partial charge on any atom is -0.446 e. The van der Waals surface area contributed by atoms with Gasteiger partial charge in [0.2, 0.25) is 0 Å². The maximum atomic E-state index is 12.1. The van der Waals surface area contributed by atoms with Crippen LogP contribution in [0.2, 0.25) is 0 Å². The molecule has 0 atom stereocenters. The number of hydrogen-bond donors (Lipinski definition) is 2. The quantitative estimate of drug-likeness (QED) is 0.646. The van der Waals surface area contributed by atoms with Crippen LogP contribution in [0.25, 0.3) is 0 Å². The van der Waals surface area contributed by atoms with Crippen LogP contribution in [0, 0.1) is 5.92 Å². The number of thiocarbonyl (C=S) groups is 1. The Morgan fingerprint density at radius 1 is 1.35 bits per heavy atom. The monoisotopic (exact) mass is 325 g/mol. The maximum Gasteiger partial charge on any atom is 0.422 e. The van der Waals surface area contributed by atoms with Gasteiger partial charge in [0, 0.05) is 19.5 Å². The number of carbonyl (C=O) groups is 1. The van der Waals surface area contributed by atoms with Crippen LogP contribution in [-0.4, -0.2) is 43.0 Å². The lowest BCUT2D eigenvalue weighted by molar-refractivity contribution is 0.121. The normalized spacial score (nSPS) is 11.9. The average molecular weight is 325 g/mol. The first kappa shape index (κ1) is 19.1. The topological polar surface area (TPSA) is 102 Å². The molecule has 1 amide bonds. The largest absolute Gasteiger partial charge is 0.446 e. The summed E-state index contributed by atoms with van der Waals surface area (Å²) in [7, 11) is -3.96. The molecule has 0 bridgehead atoms. The Bertz CT molecular complexity index is 435. The third kappa shape index (κ3) is 8.28. The van der Waals surface area contributed by atoms with Gasteiger partial charge >= 0.3 is 16.3 Å². The van der Waals surface area contributed by atoms with E-state index >= 15 is 0 Å². The van der Waals surface area contributed by atoms with Crippen molar-refractivity contribution in [1.82, 2.24) is 9.03 Å². The second kappa shape index (κ2) is 8.38. The zero-order valence-corrected chi connectivity index (χ0v) is 13.9. The summed E-state index contributed by atoms with van der Waals surface area (Å²) in [5, 5.41) is 0. The van der Waals surface area contributed by atoms with E-state index in [-0.39, 0.29) is 30.4 Å². The van der Waals surface area contributed by atoms with Crippen molar-refractivity contribution in [3.63, 3.8) is 0 Å². The highest BCUT2D eigenvalue weighted by molar-refractivity contribution is 7.87. The summed E-state index contributed by atoms with van der Waals surface area (Å²) in [6.07, 6.45) is -1.15. The van der Waals surface area contributed by atoms with Crippen molar-refractivity contribution in [1.29, 1.82) is 0 Å². The second-order valence-electron chi connectivity index (χ2n) is 5.03. The molecule has 9 heteroatoms. The Morgan fingerprint density at radius 2 is 1.90 bits per heavy atom. The summed E-state index contributed by atoms with van der Waals surface area (Å²) in [5.74, 6) is 0.0963. The minimum absolute atomic E-state index is 0.0963. The predicted molar refractivity (Wildman–Crippen MR) is 81.5 cm³/mol. The molecule has 0 rings (SSSR count). The highest BCUT2D eigenvalue weighted by Gasteiger charge is 2.25. The van der Waals surface area contributed by atoms with E-state index in [9.17, 15) is 13.2 Å². The average Bonchev–Trinajstić information content (AvgIpc) is 2.20. The van der Waals surface area contributed by atoms with Gasteiger partial charge in [-0.2, -0.15) is 12.7 Å². The highest BCUT2D eigenvalue weighted by Crippen LogP contribution is 2.06. The van der Waals surface area contributed by atoms with Crippen molar-refractivity contribution >= 4 is 33.5 Å². The Labute approximate surface area is 126 Å². The fourth-order valence-corrected chi connectivity index (χ4v) is 2.66. The Morgan fingerprint density at radius 3 is 2.30 bits per heavy atom. The predicted octanol–water partition coefficient (Wildman–Crippen LogP) is 1.000. The third-order valence-corrected chi connectivity index (χ3v) is 3.71. The molecule has 0 aliphatic carbocycles. The molecule has 118 valence electrons. The van der Waals surface area contributed by atoms with E-state index < -0.39 is 22.4 Å². The summed E-state index contributed by atoms with van der Waals surface area (Å²) in [4.78, 5) is 11.6. The molecule has 0 fully saturated rings. The minimum atomic E-state index is -3.96. The van der Waals surface area contributed by atoms with Crippen molar-refractivity contribution in [2.24, 2.45) is 11.7 Å². The van der Waals surface area contributed by atoms with Crippen LogP contribution in [0.4, 0.5) is 4.79 Å². The van der Waals surface area contributed by atoms with Crippen LogP contribution in [0.5, 0.6) is 0 Å². The molecule has 0 aliphatic heterocycles. The van der Waals surface area contributed by atoms with Crippen LogP contribution in [0.1, 0.15) is 34.1 Å². The van der Waals surface area contributed by atoms with Crippen LogP contribution in [0.15, 0.2) is 0 Å². The Kier molecular flexibility index (Phi) is 7.99. The number of ether oxygens (including phenoxy) is 1. The van der Waals surface area contributed by atoms with E-state index in [1.165, 1.54) is 0 Å². The zero-order valence-electron chi connectivity index (χ0n) is 12.3. The third-order valence-electron chi connectivity index (χ3n) is 2.07. The first-order valence-electron chi connectivity index (χ1n) is 6.31. The molecule has 0 heterocycles. The zero-order chi connectivity index (χ0) is 15.9. The molecule has 20 heavy (non-hydrogen) atoms. The molecule has 3 N–H and O–H groups in total. The van der Waals surface area contributed by atoms with Crippen molar-refractivity contribution in [2.75, 3.05) is 13.1 Å². The Hall–Kier alpha value is -0.930. The smallest absolute Gasteiger partial charge is 0.422 e. The maximum absolute atomic E-state index is 12.1. The van der Waals surface area contributed by atoms with Gasteiger partial charge in [0.1, 0.15) is 0 Å². The SMILES string of the molecule is CC(C)CN(CCC(N)=S)S(=O)(=O)NC(=O)OC(C)C. The van der Waals surface area contributed by atoms with Crippen molar-refractivity contribution in [3.05, 3.63) is 0 Å². The van der Waals surface area contributed by atoms with E-state index in [0.29, 0.717) is 0 Å². The summed E-state index contributed by atoms with van der Waals surface area (Å²) in [5.41, 5.74) is 5.38. The lowest BCUT2D eigenvalue weighted by atomic mass is 10.2. The molecule has 0 aliphatic rings. The lowest BCUT2D eigenvalue weighted by Gasteiger charge is -2.23. The number of nitrogens with zero attached hydrogens (tertiary/aromatic N) is 1. The molecule has 0 unspecified atom stereocenters. The fourth-order valence-electron chi connectivity index (χ4n) is 1.36. The number of rotatable bonds is 8. The molecular formula is C11H23N3O4S2. The molecule has 0 aromatic heterocycles. The molecule has 0 aromatic rings. The van der Waals surface area contributed by atoms with Crippen molar-refractivity contribution in [3.8, 4) is 0 Å². The summed E-state index contributed by atoms with van der Waals surface area (Å²) in [6.45, 7) is 7.38. The van der Waals surface area contributed by atoms with Crippen LogP contribution < -0.4 is 10.5 Å². The summed E-state index contributed by atoms with van der Waals surface area (Å²) in [6, 6.07) is 0. The van der Waals surface area contributed by atoms with E-state index in [1.54, 1.807) is 13.8 Å². The number of amides is 1. The van der Waals surface area contributed by atoms with Gasteiger partial charge in [-0.15, -0.1) is 0 Å². The second-order valence-corrected chi connectivity index (χ2v) is 7.22. The van der Waals surface area contributed by atoms with E-state index in [4.69, 9.17) is 22.7 Å². The summed E-state index contributed by atoms with van der Waals surface area (Å²) < 4.78 is 32.0. The highest BCUT2D eigenvalue weighted by atomic mass is 32.2. The molecule has 0 aromatic carbocycles. The molecule has 0 saturated carbocycles.